The highest BCUT2D eigenvalue weighted by Gasteiger charge is 1.94. The van der Waals surface area contributed by atoms with Crippen LogP contribution in [-0.2, 0) is 0 Å². The van der Waals surface area contributed by atoms with Crippen LogP contribution in [0.1, 0.15) is 0 Å². The summed E-state index contributed by atoms with van der Waals surface area (Å²) in [6.45, 7) is 6.55. The van der Waals surface area contributed by atoms with Crippen molar-refractivity contribution < 1.29 is 4.39 Å². The van der Waals surface area contributed by atoms with Crippen LogP contribution in [0.4, 0.5) is 4.39 Å². The van der Waals surface area contributed by atoms with Crippen molar-refractivity contribution in [2.75, 3.05) is 0 Å². The fraction of sp³-hybridized carbons (Fsp3) is 0. The first kappa shape index (κ1) is 8.92. The second-order valence-electron chi connectivity index (χ2n) is 1.34. The average Bonchev–Trinajstić information content (AvgIpc) is 1.63. The van der Waals surface area contributed by atoms with E-state index >= 15 is 0 Å². The summed E-state index contributed by atoms with van der Waals surface area (Å²) in [6.07, 6.45) is 1.08. The van der Waals surface area contributed by atoms with E-state index in [0.29, 0.717) is 0 Å². The Labute approximate surface area is 66.8 Å². The molecule has 9 heavy (non-hydrogen) atoms. The van der Waals surface area contributed by atoms with Gasteiger partial charge in [0.25, 0.3) is 0 Å². The quantitative estimate of drug-likeness (QED) is 0.613. The highest BCUT2D eigenvalue weighted by atomic mass is 79.9. The molecule has 0 aliphatic carbocycles. The summed E-state index contributed by atoms with van der Waals surface area (Å²) >= 11 is 8.07. The topological polar surface area (TPSA) is 0 Å². The molecule has 0 aromatic heterocycles. The monoisotopic (exact) mass is 210 g/mol. The van der Waals surface area contributed by atoms with Crippen LogP contribution in [-0.4, -0.2) is 0 Å². The average molecular weight is 211 g/mol. The van der Waals surface area contributed by atoms with Gasteiger partial charge in [-0.3, -0.25) is 0 Å². The van der Waals surface area contributed by atoms with Crippen molar-refractivity contribution in [3.63, 3.8) is 0 Å². The summed E-state index contributed by atoms with van der Waals surface area (Å²) in [4.78, 5) is 0. The van der Waals surface area contributed by atoms with Crippen LogP contribution in [0.3, 0.4) is 0 Å². The minimum Gasteiger partial charge on any atom is -0.206 e. The molecule has 0 aromatic rings. The predicted octanol–water partition coefficient (Wildman–Crippen LogP) is 3.50. The fourth-order valence-corrected chi connectivity index (χ4v) is 0.426. The zero-order chi connectivity index (χ0) is 7.44. The molecule has 0 aliphatic rings. The van der Waals surface area contributed by atoms with Crippen molar-refractivity contribution in [2.45, 2.75) is 0 Å². The second kappa shape index (κ2) is 3.85. The number of hydrogen-bond donors (Lipinski definition) is 0. The van der Waals surface area contributed by atoms with Crippen molar-refractivity contribution in [2.24, 2.45) is 0 Å². The van der Waals surface area contributed by atoms with Gasteiger partial charge in [0.15, 0.2) is 0 Å². The minimum absolute atomic E-state index is 0.146. The second-order valence-corrected chi connectivity index (χ2v) is 2.79. The van der Waals surface area contributed by atoms with Crippen molar-refractivity contribution in [3.8, 4) is 0 Å². The third-order valence-electron chi connectivity index (χ3n) is 0.542. The standard InChI is InChI=1S/C6H5BrClF/c1-4(8)3-6(9)5(2)7/h3H,1-2H2/b6-3+. The predicted molar refractivity (Wildman–Crippen MR) is 42.3 cm³/mol. The fourth-order valence-electron chi connectivity index (χ4n) is 0.216. The van der Waals surface area contributed by atoms with Gasteiger partial charge in [-0.2, -0.15) is 0 Å². The lowest BCUT2D eigenvalue weighted by Gasteiger charge is -1.88. The van der Waals surface area contributed by atoms with Crippen LogP contribution in [0.5, 0.6) is 0 Å². The van der Waals surface area contributed by atoms with Crippen molar-refractivity contribution in [1.29, 1.82) is 0 Å². The third-order valence-corrected chi connectivity index (χ3v) is 1.03. The highest BCUT2D eigenvalue weighted by molar-refractivity contribution is 9.11. The molecule has 0 fully saturated rings. The molecule has 0 radical (unpaired) electrons. The van der Waals surface area contributed by atoms with E-state index in [2.05, 4.69) is 29.1 Å². The smallest absolute Gasteiger partial charge is 0.138 e. The normalized spacial score (nSPS) is 11.2. The molecule has 3 heteroatoms. The first-order valence-corrected chi connectivity index (χ1v) is 3.27. The first-order chi connectivity index (χ1) is 4.04. The minimum atomic E-state index is -0.505. The SMILES string of the molecule is C=C(Cl)/C=C(/F)C(=C)Br. The lowest BCUT2D eigenvalue weighted by Crippen LogP contribution is -1.68. The maximum atomic E-state index is 12.3. The molecular formula is C6H5BrClF. The Morgan fingerprint density at radius 1 is 1.56 bits per heavy atom. The lowest BCUT2D eigenvalue weighted by atomic mass is 10.4. The summed E-state index contributed by atoms with van der Waals surface area (Å²) < 4.78 is 12.5. The van der Waals surface area contributed by atoms with E-state index < -0.39 is 5.83 Å². The molecule has 0 aromatic carbocycles. The highest BCUT2D eigenvalue weighted by Crippen LogP contribution is 2.17. The van der Waals surface area contributed by atoms with Gasteiger partial charge in [-0.05, 0) is 22.0 Å². The van der Waals surface area contributed by atoms with E-state index in [1.165, 1.54) is 0 Å². The summed E-state index contributed by atoms with van der Waals surface area (Å²) in [5.74, 6) is -0.505. The Morgan fingerprint density at radius 3 is 2.11 bits per heavy atom. The van der Waals surface area contributed by atoms with Crippen LogP contribution in [0.25, 0.3) is 0 Å². The molecule has 0 N–H and O–H groups in total. The van der Waals surface area contributed by atoms with Gasteiger partial charge in [0.1, 0.15) is 5.83 Å². The molecule has 0 atom stereocenters. The van der Waals surface area contributed by atoms with E-state index in [1.54, 1.807) is 0 Å². The largest absolute Gasteiger partial charge is 0.206 e. The maximum Gasteiger partial charge on any atom is 0.138 e. The van der Waals surface area contributed by atoms with Crippen molar-refractivity contribution in [3.05, 3.63) is 34.6 Å². The van der Waals surface area contributed by atoms with Crippen LogP contribution in [0.2, 0.25) is 0 Å². The zero-order valence-corrected chi connectivity index (χ0v) is 6.97. The molecule has 0 saturated carbocycles. The molecule has 0 unspecified atom stereocenters. The molecule has 0 spiro atoms. The zero-order valence-electron chi connectivity index (χ0n) is 4.63. The molecular weight excluding hydrogens is 206 g/mol. The number of allylic oxidation sites excluding steroid dienone is 4. The molecule has 0 bridgehead atoms. The van der Waals surface area contributed by atoms with Gasteiger partial charge in [-0.15, -0.1) is 0 Å². The number of hydrogen-bond acceptors (Lipinski definition) is 0. The molecule has 0 nitrogen and oxygen atoms in total. The Kier molecular flexibility index (Phi) is 3.82. The van der Waals surface area contributed by atoms with E-state index in [4.69, 9.17) is 11.6 Å². The molecule has 0 rings (SSSR count). The lowest BCUT2D eigenvalue weighted by molar-refractivity contribution is 0.665. The van der Waals surface area contributed by atoms with E-state index in [-0.39, 0.29) is 9.51 Å². The van der Waals surface area contributed by atoms with E-state index in [1.807, 2.05) is 0 Å². The maximum absolute atomic E-state index is 12.3. The first-order valence-electron chi connectivity index (χ1n) is 2.10. The van der Waals surface area contributed by atoms with Crippen molar-refractivity contribution in [1.82, 2.24) is 0 Å². The van der Waals surface area contributed by atoms with Gasteiger partial charge in [-0.1, -0.05) is 24.8 Å². The van der Waals surface area contributed by atoms with Gasteiger partial charge in [0.2, 0.25) is 0 Å². The van der Waals surface area contributed by atoms with Gasteiger partial charge in [0, 0.05) is 9.51 Å². The van der Waals surface area contributed by atoms with E-state index in [9.17, 15) is 4.39 Å². The van der Waals surface area contributed by atoms with Crippen LogP contribution in [0.15, 0.2) is 34.6 Å². The molecule has 50 valence electrons. The summed E-state index contributed by atoms with van der Waals surface area (Å²) in [5, 5.41) is 0.146. The number of halogens is 3. The van der Waals surface area contributed by atoms with E-state index in [0.717, 1.165) is 6.08 Å². The molecule has 0 saturated heterocycles. The Balaban J connectivity index is 4.17. The van der Waals surface area contributed by atoms with Crippen LogP contribution >= 0.6 is 27.5 Å². The Bertz CT molecular complexity index is 172. The Morgan fingerprint density at radius 2 is 2.00 bits per heavy atom. The number of rotatable bonds is 2. The van der Waals surface area contributed by atoms with Crippen molar-refractivity contribution >= 4 is 27.5 Å². The summed E-state index contributed by atoms with van der Waals surface area (Å²) in [7, 11) is 0. The van der Waals surface area contributed by atoms with Crippen LogP contribution < -0.4 is 0 Å². The van der Waals surface area contributed by atoms with Crippen LogP contribution in [0, 0.1) is 0 Å². The van der Waals surface area contributed by atoms with Gasteiger partial charge in [0.05, 0.1) is 0 Å². The molecule has 0 aliphatic heterocycles. The summed E-state index contributed by atoms with van der Waals surface area (Å²) in [5.41, 5.74) is 0. The van der Waals surface area contributed by atoms with Gasteiger partial charge < -0.3 is 0 Å². The Hall–Kier alpha value is -0.0800. The summed E-state index contributed by atoms with van der Waals surface area (Å²) in [6, 6.07) is 0. The molecule has 0 amide bonds. The molecule has 0 heterocycles. The van der Waals surface area contributed by atoms with Gasteiger partial charge >= 0.3 is 0 Å². The van der Waals surface area contributed by atoms with Gasteiger partial charge in [-0.25, -0.2) is 4.39 Å². The third kappa shape index (κ3) is 4.43.